The quantitative estimate of drug-likeness (QED) is 0.489. The first-order valence-electron chi connectivity index (χ1n) is 11.6. The summed E-state index contributed by atoms with van der Waals surface area (Å²) >= 11 is 0. The molecule has 0 unspecified atom stereocenters. The number of benzene rings is 2. The smallest absolute Gasteiger partial charge is 0.475 e. The van der Waals surface area contributed by atoms with Crippen LogP contribution in [0.5, 0.6) is 0 Å². The molecule has 0 radical (unpaired) electrons. The molecule has 1 fully saturated rings. The Balaban J connectivity index is 0.000000604. The normalized spacial score (nSPS) is 13.8. The molecule has 0 spiro atoms. The van der Waals surface area contributed by atoms with Crippen molar-refractivity contribution >= 4 is 33.3 Å². The summed E-state index contributed by atoms with van der Waals surface area (Å²) in [7, 11) is -3.80. The van der Waals surface area contributed by atoms with E-state index >= 15 is 0 Å². The Labute approximate surface area is 214 Å². The number of nitrogens with zero attached hydrogens (tertiary/aromatic N) is 2. The number of nitrogens with one attached hydrogen (secondary N) is 2. The maximum atomic E-state index is 13.1. The number of aliphatic carboxylic acids is 1. The molecule has 0 aromatic heterocycles. The predicted octanol–water partition coefficient (Wildman–Crippen LogP) is 3.32. The molecule has 1 saturated heterocycles. The van der Waals surface area contributed by atoms with E-state index in [4.69, 9.17) is 9.90 Å². The molecular weight excluding hydrogens is 513 g/mol. The van der Waals surface area contributed by atoms with Gasteiger partial charge in [-0.3, -0.25) is 9.52 Å². The summed E-state index contributed by atoms with van der Waals surface area (Å²) in [5, 5.41) is 10.4. The third kappa shape index (κ3) is 8.09. The standard InChI is InChI=1S/C22H30N4O3S.C2HF3O2/c1-4-25(5-2)22(27)18-10-11-20(26-14-12-23-13-15-26)19(16-18)24-30(28,29)21-9-7-6-8-17(21)3;3-2(4,5)1(6)7/h6-11,16,23-24H,4-5,12-15H2,1-3H3;(H,6,7). The van der Waals surface area contributed by atoms with Gasteiger partial charge in [-0.15, -0.1) is 0 Å². The number of carbonyl (C=O) groups is 2. The summed E-state index contributed by atoms with van der Waals surface area (Å²) in [5.74, 6) is -2.87. The van der Waals surface area contributed by atoms with Crippen molar-refractivity contribution in [1.82, 2.24) is 10.2 Å². The molecule has 1 amide bonds. The molecule has 3 N–H and O–H groups in total. The largest absolute Gasteiger partial charge is 0.490 e. The fourth-order valence-corrected chi connectivity index (χ4v) is 5.00. The highest BCUT2D eigenvalue weighted by atomic mass is 32.2. The van der Waals surface area contributed by atoms with Crippen LogP contribution >= 0.6 is 0 Å². The first kappa shape index (κ1) is 29.9. The van der Waals surface area contributed by atoms with Crippen molar-refractivity contribution in [2.24, 2.45) is 0 Å². The molecule has 13 heteroatoms. The summed E-state index contributed by atoms with van der Waals surface area (Å²) in [6.07, 6.45) is -5.08. The first-order valence-corrected chi connectivity index (χ1v) is 13.1. The maximum Gasteiger partial charge on any atom is 0.490 e. The fourth-order valence-electron chi connectivity index (χ4n) is 3.68. The Bertz CT molecular complexity index is 1200. The van der Waals surface area contributed by atoms with Gasteiger partial charge in [-0.25, -0.2) is 13.2 Å². The SMILES string of the molecule is CCN(CC)C(=O)c1ccc(N2CCNCC2)c(NS(=O)(=O)c2ccccc2C)c1.O=C(O)C(F)(F)F. The molecule has 9 nitrogen and oxygen atoms in total. The molecular formula is C24H31F3N4O5S. The lowest BCUT2D eigenvalue weighted by molar-refractivity contribution is -0.192. The number of rotatable bonds is 7. The van der Waals surface area contributed by atoms with E-state index in [1.54, 1.807) is 42.2 Å². The van der Waals surface area contributed by atoms with Gasteiger partial charge in [0.25, 0.3) is 15.9 Å². The molecule has 1 heterocycles. The number of alkyl halides is 3. The number of piperazine rings is 1. The molecule has 204 valence electrons. The highest BCUT2D eigenvalue weighted by Crippen LogP contribution is 2.31. The van der Waals surface area contributed by atoms with Crippen LogP contribution in [0.2, 0.25) is 0 Å². The number of carboxylic acid groups (broad SMARTS) is 1. The zero-order chi connectivity index (χ0) is 27.8. The molecule has 0 bridgehead atoms. The van der Waals surface area contributed by atoms with Gasteiger partial charge in [0.15, 0.2) is 0 Å². The number of anilines is 2. The van der Waals surface area contributed by atoms with Crippen LogP contribution in [0.15, 0.2) is 47.4 Å². The highest BCUT2D eigenvalue weighted by molar-refractivity contribution is 7.92. The van der Waals surface area contributed by atoms with Gasteiger partial charge < -0.3 is 20.2 Å². The summed E-state index contributed by atoms with van der Waals surface area (Å²) in [6.45, 7) is 10.0. The molecule has 0 saturated carbocycles. The van der Waals surface area contributed by atoms with Crippen LogP contribution in [0.1, 0.15) is 29.8 Å². The molecule has 0 atom stereocenters. The van der Waals surface area contributed by atoms with Gasteiger partial charge in [0.2, 0.25) is 0 Å². The predicted molar refractivity (Wildman–Crippen MR) is 134 cm³/mol. The number of carboxylic acids is 1. The van der Waals surface area contributed by atoms with Crippen molar-refractivity contribution in [2.75, 3.05) is 48.9 Å². The van der Waals surface area contributed by atoms with Crippen LogP contribution < -0.4 is 14.9 Å². The third-order valence-corrected chi connectivity index (χ3v) is 7.15. The Morgan fingerprint density at radius 2 is 1.65 bits per heavy atom. The Morgan fingerprint density at radius 1 is 1.08 bits per heavy atom. The zero-order valence-corrected chi connectivity index (χ0v) is 21.6. The molecule has 0 aliphatic carbocycles. The summed E-state index contributed by atoms with van der Waals surface area (Å²) in [6, 6.07) is 12.2. The fraction of sp³-hybridized carbons (Fsp3) is 0.417. The van der Waals surface area contributed by atoms with E-state index in [0.717, 1.165) is 31.9 Å². The minimum Gasteiger partial charge on any atom is -0.475 e. The lowest BCUT2D eigenvalue weighted by Gasteiger charge is -2.31. The van der Waals surface area contributed by atoms with Crippen molar-refractivity contribution in [3.05, 3.63) is 53.6 Å². The van der Waals surface area contributed by atoms with Gasteiger partial charge in [-0.1, -0.05) is 18.2 Å². The van der Waals surface area contributed by atoms with Gasteiger partial charge in [0.05, 0.1) is 16.3 Å². The van der Waals surface area contributed by atoms with Gasteiger partial charge in [-0.05, 0) is 50.6 Å². The Hall–Kier alpha value is -3.32. The molecule has 3 rings (SSSR count). The zero-order valence-electron chi connectivity index (χ0n) is 20.8. The van der Waals surface area contributed by atoms with Crippen LogP contribution in [0.4, 0.5) is 24.5 Å². The van der Waals surface area contributed by atoms with Gasteiger partial charge in [0, 0.05) is 44.8 Å². The van der Waals surface area contributed by atoms with Gasteiger partial charge in [0.1, 0.15) is 0 Å². The van der Waals surface area contributed by atoms with Crippen LogP contribution in [0, 0.1) is 6.92 Å². The Morgan fingerprint density at radius 3 is 2.16 bits per heavy atom. The van der Waals surface area contributed by atoms with Crippen molar-refractivity contribution < 1.29 is 36.3 Å². The molecule has 2 aromatic rings. The number of amides is 1. The van der Waals surface area contributed by atoms with E-state index in [0.29, 0.717) is 29.9 Å². The first-order chi connectivity index (χ1) is 17.3. The van der Waals surface area contributed by atoms with E-state index in [2.05, 4.69) is 14.9 Å². The van der Waals surface area contributed by atoms with Crippen LogP contribution in [0.25, 0.3) is 0 Å². The number of hydrogen-bond acceptors (Lipinski definition) is 6. The Kier molecular flexibility index (Phi) is 10.3. The maximum absolute atomic E-state index is 13.1. The molecule has 37 heavy (non-hydrogen) atoms. The van der Waals surface area contributed by atoms with E-state index < -0.39 is 22.2 Å². The molecule has 2 aromatic carbocycles. The minimum absolute atomic E-state index is 0.108. The number of aryl methyl sites for hydroxylation is 1. The second kappa shape index (κ2) is 12.8. The second-order valence-electron chi connectivity index (χ2n) is 8.12. The number of halogens is 3. The number of hydrogen-bond donors (Lipinski definition) is 3. The van der Waals surface area contributed by atoms with Crippen LogP contribution in [-0.4, -0.2) is 75.7 Å². The van der Waals surface area contributed by atoms with Crippen molar-refractivity contribution in [2.45, 2.75) is 31.8 Å². The summed E-state index contributed by atoms with van der Waals surface area (Å²) < 4.78 is 60.8. The van der Waals surface area contributed by atoms with Crippen LogP contribution in [0.3, 0.4) is 0 Å². The average Bonchev–Trinajstić information content (AvgIpc) is 2.85. The monoisotopic (exact) mass is 544 g/mol. The number of sulfonamides is 1. The van der Waals surface area contributed by atoms with E-state index in [1.807, 2.05) is 26.0 Å². The second-order valence-corrected chi connectivity index (χ2v) is 9.77. The lowest BCUT2D eigenvalue weighted by Crippen LogP contribution is -2.43. The van der Waals surface area contributed by atoms with Crippen molar-refractivity contribution in [1.29, 1.82) is 0 Å². The van der Waals surface area contributed by atoms with Crippen molar-refractivity contribution in [3.63, 3.8) is 0 Å². The molecule has 1 aliphatic rings. The summed E-state index contributed by atoms with van der Waals surface area (Å²) in [4.78, 5) is 25.8. The molecule has 1 aliphatic heterocycles. The van der Waals surface area contributed by atoms with E-state index in [9.17, 15) is 26.4 Å². The average molecular weight is 545 g/mol. The highest BCUT2D eigenvalue weighted by Gasteiger charge is 2.38. The number of carbonyl (C=O) groups excluding carboxylic acids is 1. The minimum atomic E-state index is -5.08. The summed E-state index contributed by atoms with van der Waals surface area (Å²) in [5.41, 5.74) is 2.35. The lowest BCUT2D eigenvalue weighted by atomic mass is 10.1. The van der Waals surface area contributed by atoms with Crippen molar-refractivity contribution in [3.8, 4) is 0 Å². The van der Waals surface area contributed by atoms with E-state index in [-0.39, 0.29) is 10.8 Å². The van der Waals surface area contributed by atoms with Crippen LogP contribution in [-0.2, 0) is 14.8 Å². The topological polar surface area (TPSA) is 119 Å². The van der Waals surface area contributed by atoms with Gasteiger partial charge in [-0.2, -0.15) is 13.2 Å². The van der Waals surface area contributed by atoms with E-state index in [1.165, 1.54) is 0 Å². The van der Waals surface area contributed by atoms with Gasteiger partial charge >= 0.3 is 12.1 Å². The third-order valence-electron chi connectivity index (χ3n) is 5.62.